The van der Waals surface area contributed by atoms with Crippen LogP contribution in [-0.2, 0) is 0 Å². The van der Waals surface area contributed by atoms with Crippen molar-refractivity contribution in [3.8, 4) is 11.3 Å². The zero-order chi connectivity index (χ0) is 11.8. The quantitative estimate of drug-likeness (QED) is 0.688. The second-order valence-electron chi connectivity index (χ2n) is 4.31. The Labute approximate surface area is 99.5 Å². The molecule has 3 rings (SSSR count). The van der Waals surface area contributed by atoms with Gasteiger partial charge in [0.05, 0.1) is 5.69 Å². The molecular weight excluding hydrogens is 210 g/mol. The standard InChI is InChI=1S/C14H13N3/c1-9-3-4-15-13(5-9)11-6-12-10(2)7-16-14(12)17-8-11/h3-8H,1-2H3,(H,16,17). The average molecular weight is 223 g/mol. The summed E-state index contributed by atoms with van der Waals surface area (Å²) in [6, 6.07) is 6.21. The Balaban J connectivity index is 2.20. The molecule has 0 aromatic carbocycles. The van der Waals surface area contributed by atoms with Crippen LogP contribution in [0.1, 0.15) is 11.1 Å². The van der Waals surface area contributed by atoms with Crippen molar-refractivity contribution in [2.75, 3.05) is 0 Å². The van der Waals surface area contributed by atoms with Gasteiger partial charge in [0.1, 0.15) is 5.65 Å². The fraction of sp³-hybridized carbons (Fsp3) is 0.143. The van der Waals surface area contributed by atoms with Crippen LogP contribution in [0.4, 0.5) is 0 Å². The van der Waals surface area contributed by atoms with E-state index in [2.05, 4.69) is 40.9 Å². The van der Waals surface area contributed by atoms with Crippen molar-refractivity contribution in [1.29, 1.82) is 0 Å². The number of H-pyrrole nitrogens is 1. The highest BCUT2D eigenvalue weighted by molar-refractivity contribution is 5.83. The lowest BCUT2D eigenvalue weighted by Gasteiger charge is -2.02. The van der Waals surface area contributed by atoms with Crippen LogP contribution in [0, 0.1) is 13.8 Å². The summed E-state index contributed by atoms with van der Waals surface area (Å²) in [6.07, 6.45) is 5.67. The van der Waals surface area contributed by atoms with E-state index in [0.717, 1.165) is 22.3 Å². The number of nitrogens with zero attached hydrogens (tertiary/aromatic N) is 2. The number of rotatable bonds is 1. The van der Waals surface area contributed by atoms with E-state index in [1.807, 2.05) is 24.7 Å². The molecule has 3 aromatic heterocycles. The minimum absolute atomic E-state index is 0.930. The predicted molar refractivity (Wildman–Crippen MR) is 68.8 cm³/mol. The van der Waals surface area contributed by atoms with Crippen LogP contribution >= 0.6 is 0 Å². The minimum atomic E-state index is 0.930. The smallest absolute Gasteiger partial charge is 0.137 e. The maximum atomic E-state index is 4.41. The summed E-state index contributed by atoms with van der Waals surface area (Å²) in [5.41, 5.74) is 5.38. The lowest BCUT2D eigenvalue weighted by atomic mass is 10.1. The molecule has 0 fully saturated rings. The van der Waals surface area contributed by atoms with Crippen LogP contribution in [0.25, 0.3) is 22.3 Å². The first-order valence-electron chi connectivity index (χ1n) is 5.61. The summed E-state index contributed by atoms with van der Waals surface area (Å²) in [5.74, 6) is 0. The van der Waals surface area contributed by atoms with Gasteiger partial charge in [-0.1, -0.05) is 0 Å². The Morgan fingerprint density at radius 3 is 2.82 bits per heavy atom. The molecule has 0 aliphatic rings. The lowest BCUT2D eigenvalue weighted by molar-refractivity contribution is 1.27. The van der Waals surface area contributed by atoms with Gasteiger partial charge in [0.15, 0.2) is 0 Å². The van der Waals surface area contributed by atoms with E-state index in [1.165, 1.54) is 11.1 Å². The Morgan fingerprint density at radius 2 is 2.00 bits per heavy atom. The van der Waals surface area contributed by atoms with Gasteiger partial charge in [-0.25, -0.2) is 4.98 Å². The lowest BCUT2D eigenvalue weighted by Crippen LogP contribution is -1.86. The fourth-order valence-electron chi connectivity index (χ4n) is 1.97. The average Bonchev–Trinajstić information content (AvgIpc) is 2.71. The first-order chi connectivity index (χ1) is 8.24. The van der Waals surface area contributed by atoms with E-state index < -0.39 is 0 Å². The molecule has 0 aliphatic heterocycles. The van der Waals surface area contributed by atoms with E-state index in [4.69, 9.17) is 0 Å². The molecule has 0 bridgehead atoms. The molecule has 3 aromatic rings. The molecule has 84 valence electrons. The van der Waals surface area contributed by atoms with Gasteiger partial charge in [-0.3, -0.25) is 4.98 Å². The van der Waals surface area contributed by atoms with E-state index in [-0.39, 0.29) is 0 Å². The molecule has 0 amide bonds. The van der Waals surface area contributed by atoms with Crippen LogP contribution in [0.5, 0.6) is 0 Å². The summed E-state index contributed by atoms with van der Waals surface area (Å²) in [6.45, 7) is 4.15. The highest BCUT2D eigenvalue weighted by atomic mass is 14.8. The molecule has 0 aliphatic carbocycles. The van der Waals surface area contributed by atoms with Crippen molar-refractivity contribution in [3.63, 3.8) is 0 Å². The first kappa shape index (κ1) is 10.0. The van der Waals surface area contributed by atoms with Crippen LogP contribution < -0.4 is 0 Å². The third-order valence-electron chi connectivity index (χ3n) is 2.95. The number of pyridine rings is 2. The van der Waals surface area contributed by atoms with E-state index in [1.54, 1.807) is 0 Å². The highest BCUT2D eigenvalue weighted by Gasteiger charge is 2.05. The van der Waals surface area contributed by atoms with Gasteiger partial charge in [-0.05, 0) is 43.2 Å². The Kier molecular flexibility index (Phi) is 2.18. The van der Waals surface area contributed by atoms with Gasteiger partial charge in [-0.15, -0.1) is 0 Å². The van der Waals surface area contributed by atoms with Crippen molar-refractivity contribution in [1.82, 2.24) is 15.0 Å². The maximum absolute atomic E-state index is 4.41. The van der Waals surface area contributed by atoms with Gasteiger partial charge in [0.25, 0.3) is 0 Å². The van der Waals surface area contributed by atoms with Gasteiger partial charge in [-0.2, -0.15) is 0 Å². The van der Waals surface area contributed by atoms with E-state index in [0.29, 0.717) is 0 Å². The second kappa shape index (κ2) is 3.70. The number of nitrogens with one attached hydrogen (secondary N) is 1. The number of aromatic amines is 1. The Hall–Kier alpha value is -2.16. The largest absolute Gasteiger partial charge is 0.346 e. The van der Waals surface area contributed by atoms with E-state index >= 15 is 0 Å². The third kappa shape index (κ3) is 1.69. The molecule has 0 spiro atoms. The summed E-state index contributed by atoms with van der Waals surface area (Å²) in [4.78, 5) is 11.9. The molecule has 0 saturated carbocycles. The van der Waals surface area contributed by atoms with Crippen LogP contribution in [0.15, 0.2) is 36.8 Å². The molecule has 0 atom stereocenters. The van der Waals surface area contributed by atoms with Crippen molar-refractivity contribution in [2.24, 2.45) is 0 Å². The number of aromatic nitrogens is 3. The minimum Gasteiger partial charge on any atom is -0.346 e. The van der Waals surface area contributed by atoms with E-state index in [9.17, 15) is 0 Å². The van der Waals surface area contributed by atoms with Crippen LogP contribution in [0.2, 0.25) is 0 Å². The molecule has 3 heteroatoms. The van der Waals surface area contributed by atoms with Gasteiger partial charge < -0.3 is 4.98 Å². The topological polar surface area (TPSA) is 41.6 Å². The molecule has 1 N–H and O–H groups in total. The molecule has 0 radical (unpaired) electrons. The van der Waals surface area contributed by atoms with Crippen molar-refractivity contribution < 1.29 is 0 Å². The molecular formula is C14H13N3. The molecule has 0 unspecified atom stereocenters. The number of aryl methyl sites for hydroxylation is 2. The maximum Gasteiger partial charge on any atom is 0.137 e. The molecule has 0 saturated heterocycles. The van der Waals surface area contributed by atoms with Gasteiger partial charge in [0, 0.05) is 29.5 Å². The van der Waals surface area contributed by atoms with Crippen LogP contribution in [-0.4, -0.2) is 15.0 Å². The summed E-state index contributed by atoms with van der Waals surface area (Å²) < 4.78 is 0. The highest BCUT2D eigenvalue weighted by Crippen LogP contribution is 2.23. The third-order valence-corrected chi connectivity index (χ3v) is 2.95. The molecule has 3 nitrogen and oxygen atoms in total. The zero-order valence-corrected chi connectivity index (χ0v) is 9.86. The summed E-state index contributed by atoms with van der Waals surface area (Å²) >= 11 is 0. The molecule has 3 heterocycles. The fourth-order valence-corrected chi connectivity index (χ4v) is 1.97. The van der Waals surface area contributed by atoms with Crippen molar-refractivity contribution >= 4 is 11.0 Å². The zero-order valence-electron chi connectivity index (χ0n) is 9.86. The SMILES string of the molecule is Cc1ccnc(-c2cnc3[nH]cc(C)c3c2)c1. The van der Waals surface area contributed by atoms with Gasteiger partial charge >= 0.3 is 0 Å². The first-order valence-corrected chi connectivity index (χ1v) is 5.61. The normalized spacial score (nSPS) is 10.9. The van der Waals surface area contributed by atoms with Crippen LogP contribution in [0.3, 0.4) is 0 Å². The van der Waals surface area contributed by atoms with Crippen molar-refractivity contribution in [2.45, 2.75) is 13.8 Å². The molecule has 17 heavy (non-hydrogen) atoms. The summed E-state index contributed by atoms with van der Waals surface area (Å²) in [7, 11) is 0. The Bertz CT molecular complexity index is 683. The predicted octanol–water partition coefficient (Wildman–Crippen LogP) is 3.24. The number of hydrogen-bond acceptors (Lipinski definition) is 2. The van der Waals surface area contributed by atoms with Crippen molar-refractivity contribution in [3.05, 3.63) is 47.9 Å². The second-order valence-corrected chi connectivity index (χ2v) is 4.31. The summed E-state index contributed by atoms with van der Waals surface area (Å²) in [5, 5.41) is 1.16. The number of fused-ring (bicyclic) bond motifs is 1. The van der Waals surface area contributed by atoms with Gasteiger partial charge in [0.2, 0.25) is 0 Å². The number of hydrogen-bond donors (Lipinski definition) is 1. The Morgan fingerprint density at radius 1 is 1.12 bits per heavy atom. The monoisotopic (exact) mass is 223 g/mol.